The number of carbonyl (C=O) groups is 1. The van der Waals surface area contributed by atoms with Gasteiger partial charge in [-0.1, -0.05) is 25.8 Å². The normalized spacial score (nSPS) is 10.4. The summed E-state index contributed by atoms with van der Waals surface area (Å²) in [6.07, 6.45) is 3.01. The molecule has 1 N–H and O–H groups in total. The van der Waals surface area contributed by atoms with Crippen molar-refractivity contribution in [3.8, 4) is 0 Å². The fourth-order valence-electron chi connectivity index (χ4n) is 1.79. The second-order valence-corrected chi connectivity index (χ2v) is 4.23. The van der Waals surface area contributed by atoms with Gasteiger partial charge < -0.3 is 10.0 Å². The van der Waals surface area contributed by atoms with Gasteiger partial charge >= 0.3 is 0 Å². The molecule has 0 bridgehead atoms. The summed E-state index contributed by atoms with van der Waals surface area (Å²) in [5, 5.41) is 8.98. The van der Waals surface area contributed by atoms with Crippen LogP contribution in [-0.4, -0.2) is 35.6 Å². The van der Waals surface area contributed by atoms with Crippen LogP contribution in [0.3, 0.4) is 0 Å². The summed E-state index contributed by atoms with van der Waals surface area (Å²) in [7, 11) is 0. The van der Waals surface area contributed by atoms with E-state index in [1.165, 1.54) is 18.2 Å². The van der Waals surface area contributed by atoms with E-state index in [9.17, 15) is 9.18 Å². The summed E-state index contributed by atoms with van der Waals surface area (Å²) < 4.78 is 13.1. The first-order valence-electron chi connectivity index (χ1n) is 6.34. The zero-order valence-electron chi connectivity index (χ0n) is 10.7. The summed E-state index contributed by atoms with van der Waals surface area (Å²) in [5.41, 5.74) is 0.333. The van der Waals surface area contributed by atoms with E-state index in [0.29, 0.717) is 18.7 Å². The predicted octanol–water partition coefficient (Wildman–Crippen LogP) is 2.45. The molecule has 0 radical (unpaired) electrons. The average molecular weight is 253 g/mol. The molecule has 0 heterocycles. The molecule has 0 atom stereocenters. The van der Waals surface area contributed by atoms with Crippen molar-refractivity contribution in [2.45, 2.75) is 26.2 Å². The number of halogens is 1. The molecule has 1 amide bonds. The number of benzene rings is 1. The maximum absolute atomic E-state index is 13.1. The van der Waals surface area contributed by atoms with Crippen molar-refractivity contribution in [2.75, 3.05) is 19.7 Å². The monoisotopic (exact) mass is 253 g/mol. The van der Waals surface area contributed by atoms with Crippen molar-refractivity contribution >= 4 is 5.91 Å². The van der Waals surface area contributed by atoms with Crippen LogP contribution in [0.2, 0.25) is 0 Å². The minimum absolute atomic E-state index is 0.0762. The van der Waals surface area contributed by atoms with Gasteiger partial charge in [-0.15, -0.1) is 0 Å². The topological polar surface area (TPSA) is 40.5 Å². The molecule has 0 spiro atoms. The van der Waals surface area contributed by atoms with Gasteiger partial charge in [-0.3, -0.25) is 4.79 Å². The maximum Gasteiger partial charge on any atom is 0.254 e. The van der Waals surface area contributed by atoms with Gasteiger partial charge in [0.1, 0.15) is 5.82 Å². The van der Waals surface area contributed by atoms with Crippen LogP contribution in [0.15, 0.2) is 24.3 Å². The fraction of sp³-hybridized carbons (Fsp3) is 0.500. The van der Waals surface area contributed by atoms with E-state index >= 15 is 0 Å². The van der Waals surface area contributed by atoms with Crippen LogP contribution in [-0.2, 0) is 0 Å². The first kappa shape index (κ1) is 14.6. The van der Waals surface area contributed by atoms with Gasteiger partial charge in [0.25, 0.3) is 5.91 Å². The van der Waals surface area contributed by atoms with Crippen LogP contribution in [0, 0.1) is 5.82 Å². The minimum Gasteiger partial charge on any atom is -0.395 e. The summed E-state index contributed by atoms with van der Waals surface area (Å²) in [5.74, 6) is -0.641. The molecule has 0 aromatic heterocycles. The highest BCUT2D eigenvalue weighted by molar-refractivity contribution is 5.94. The average Bonchev–Trinajstić information content (AvgIpc) is 2.37. The Balaban J connectivity index is 2.69. The SMILES string of the molecule is CCCCCN(CCO)C(=O)c1cccc(F)c1. The van der Waals surface area contributed by atoms with E-state index in [0.717, 1.165) is 19.3 Å². The van der Waals surface area contributed by atoms with Crippen molar-refractivity contribution in [1.29, 1.82) is 0 Å². The van der Waals surface area contributed by atoms with E-state index in [4.69, 9.17) is 5.11 Å². The quantitative estimate of drug-likeness (QED) is 0.758. The smallest absolute Gasteiger partial charge is 0.254 e. The van der Waals surface area contributed by atoms with Gasteiger partial charge in [-0.05, 0) is 24.6 Å². The highest BCUT2D eigenvalue weighted by atomic mass is 19.1. The summed E-state index contributed by atoms with van der Waals surface area (Å²) >= 11 is 0. The molecule has 4 heteroatoms. The molecule has 0 saturated carbocycles. The molecule has 1 aromatic rings. The zero-order chi connectivity index (χ0) is 13.4. The fourth-order valence-corrected chi connectivity index (χ4v) is 1.79. The van der Waals surface area contributed by atoms with E-state index in [2.05, 4.69) is 6.92 Å². The van der Waals surface area contributed by atoms with Crippen molar-refractivity contribution in [3.05, 3.63) is 35.6 Å². The molecule has 0 aliphatic rings. The first-order valence-corrected chi connectivity index (χ1v) is 6.34. The lowest BCUT2D eigenvalue weighted by Gasteiger charge is -2.21. The van der Waals surface area contributed by atoms with Gasteiger partial charge in [-0.25, -0.2) is 4.39 Å². The number of aliphatic hydroxyl groups is 1. The molecule has 1 rings (SSSR count). The third-order valence-corrected chi connectivity index (χ3v) is 2.76. The largest absolute Gasteiger partial charge is 0.395 e. The molecule has 1 aromatic carbocycles. The molecular formula is C14H20FNO2. The van der Waals surface area contributed by atoms with Crippen LogP contribution in [0.4, 0.5) is 4.39 Å². The predicted molar refractivity (Wildman–Crippen MR) is 68.9 cm³/mol. The Labute approximate surface area is 107 Å². The highest BCUT2D eigenvalue weighted by Gasteiger charge is 2.15. The van der Waals surface area contributed by atoms with E-state index in [1.54, 1.807) is 11.0 Å². The molecule has 0 fully saturated rings. The van der Waals surface area contributed by atoms with Gasteiger partial charge in [0.2, 0.25) is 0 Å². The number of aliphatic hydroxyl groups excluding tert-OH is 1. The number of rotatable bonds is 7. The number of unbranched alkanes of at least 4 members (excludes halogenated alkanes) is 2. The molecule has 0 saturated heterocycles. The zero-order valence-corrected chi connectivity index (χ0v) is 10.7. The second kappa shape index (κ2) is 7.82. The Morgan fingerprint density at radius 3 is 2.72 bits per heavy atom. The summed E-state index contributed by atoms with van der Waals surface area (Å²) in [4.78, 5) is 13.7. The van der Waals surface area contributed by atoms with Crippen molar-refractivity contribution < 1.29 is 14.3 Å². The molecule has 100 valence electrons. The Hall–Kier alpha value is -1.42. The van der Waals surface area contributed by atoms with Crippen molar-refractivity contribution in [2.24, 2.45) is 0 Å². The third-order valence-electron chi connectivity index (χ3n) is 2.76. The van der Waals surface area contributed by atoms with Crippen molar-refractivity contribution in [3.63, 3.8) is 0 Å². The summed E-state index contributed by atoms with van der Waals surface area (Å²) in [6.45, 7) is 2.90. The van der Waals surface area contributed by atoms with E-state index in [1.807, 2.05) is 0 Å². The summed E-state index contributed by atoms with van der Waals surface area (Å²) in [6, 6.07) is 5.65. The van der Waals surface area contributed by atoms with Gasteiger partial charge in [0, 0.05) is 18.7 Å². The molecule has 18 heavy (non-hydrogen) atoms. The Bertz CT molecular complexity index is 382. The van der Waals surface area contributed by atoms with E-state index < -0.39 is 5.82 Å². The lowest BCUT2D eigenvalue weighted by atomic mass is 10.1. The molecule has 0 aliphatic carbocycles. The second-order valence-electron chi connectivity index (χ2n) is 4.23. The lowest BCUT2D eigenvalue weighted by molar-refractivity contribution is 0.0718. The molecular weight excluding hydrogens is 233 g/mol. The Morgan fingerprint density at radius 2 is 2.11 bits per heavy atom. The van der Waals surface area contributed by atoms with Gasteiger partial charge in [0.15, 0.2) is 0 Å². The molecule has 3 nitrogen and oxygen atoms in total. The van der Waals surface area contributed by atoms with Crippen molar-refractivity contribution in [1.82, 2.24) is 4.90 Å². The Kier molecular flexibility index (Phi) is 6.36. The number of hydrogen-bond donors (Lipinski definition) is 1. The third kappa shape index (κ3) is 4.45. The van der Waals surface area contributed by atoms with Gasteiger partial charge in [-0.2, -0.15) is 0 Å². The van der Waals surface area contributed by atoms with Crippen LogP contribution < -0.4 is 0 Å². The maximum atomic E-state index is 13.1. The van der Waals surface area contributed by atoms with E-state index in [-0.39, 0.29) is 12.5 Å². The molecule has 0 aliphatic heterocycles. The molecule has 0 unspecified atom stereocenters. The Morgan fingerprint density at radius 1 is 1.33 bits per heavy atom. The standard InChI is InChI=1S/C14H20FNO2/c1-2-3-4-8-16(9-10-17)14(18)12-6-5-7-13(15)11-12/h5-7,11,17H,2-4,8-10H2,1H3. The van der Waals surface area contributed by atoms with Gasteiger partial charge in [0.05, 0.1) is 6.61 Å². The van der Waals surface area contributed by atoms with Crippen LogP contribution in [0.1, 0.15) is 36.5 Å². The number of carbonyl (C=O) groups excluding carboxylic acids is 1. The first-order chi connectivity index (χ1) is 8.69. The minimum atomic E-state index is -0.418. The van der Waals surface area contributed by atoms with Crippen LogP contribution in [0.25, 0.3) is 0 Å². The number of nitrogens with zero attached hydrogens (tertiary/aromatic N) is 1. The highest BCUT2D eigenvalue weighted by Crippen LogP contribution is 2.09. The lowest BCUT2D eigenvalue weighted by Crippen LogP contribution is -2.34. The van der Waals surface area contributed by atoms with Crippen LogP contribution >= 0.6 is 0 Å². The number of amides is 1. The van der Waals surface area contributed by atoms with Crippen LogP contribution in [0.5, 0.6) is 0 Å². The number of hydrogen-bond acceptors (Lipinski definition) is 2.